The van der Waals surface area contributed by atoms with Crippen LogP contribution in [0.4, 0.5) is 0 Å². The molecule has 36 heavy (non-hydrogen) atoms. The van der Waals surface area contributed by atoms with Gasteiger partial charge in [0.25, 0.3) is 17.6 Å². The van der Waals surface area contributed by atoms with Crippen molar-refractivity contribution in [3.05, 3.63) is 65.4 Å². The number of rotatable bonds is 11. The summed E-state index contributed by atoms with van der Waals surface area (Å²) in [5.41, 5.74) is 7.89. The van der Waals surface area contributed by atoms with Gasteiger partial charge in [0, 0.05) is 12.2 Å². The van der Waals surface area contributed by atoms with E-state index in [4.69, 9.17) is 15.2 Å². The van der Waals surface area contributed by atoms with Crippen molar-refractivity contribution in [1.82, 2.24) is 9.88 Å². The van der Waals surface area contributed by atoms with Crippen molar-refractivity contribution in [2.45, 2.75) is 39.8 Å². The Hall–Kier alpha value is -4.14. The van der Waals surface area contributed by atoms with Crippen molar-refractivity contribution in [1.29, 1.82) is 0 Å². The van der Waals surface area contributed by atoms with Gasteiger partial charge >= 0.3 is 5.97 Å². The minimum Gasteiger partial charge on any atom is -0.483 e. The number of esters is 1. The van der Waals surface area contributed by atoms with E-state index in [0.29, 0.717) is 29.6 Å². The van der Waals surface area contributed by atoms with Crippen molar-refractivity contribution < 1.29 is 28.7 Å². The van der Waals surface area contributed by atoms with E-state index >= 15 is 0 Å². The van der Waals surface area contributed by atoms with Gasteiger partial charge in [-0.2, -0.15) is 0 Å². The monoisotopic (exact) mass is 493 g/mol. The van der Waals surface area contributed by atoms with Gasteiger partial charge in [0.15, 0.2) is 6.61 Å². The molecule has 1 aromatic heterocycles. The highest BCUT2D eigenvalue weighted by Gasteiger charge is 2.28. The number of hydrogen-bond donors (Lipinski definition) is 2. The van der Waals surface area contributed by atoms with E-state index in [2.05, 4.69) is 5.32 Å². The molecule has 9 heteroatoms. The summed E-state index contributed by atoms with van der Waals surface area (Å²) >= 11 is 0. The number of aromatic nitrogens is 1. The second-order valence-electron chi connectivity index (χ2n) is 8.69. The Morgan fingerprint density at radius 2 is 1.72 bits per heavy atom. The summed E-state index contributed by atoms with van der Waals surface area (Å²) in [6, 6.07) is 14.1. The number of amides is 2. The second kappa shape index (κ2) is 11.5. The van der Waals surface area contributed by atoms with E-state index in [1.54, 1.807) is 26.0 Å². The molecule has 0 bridgehead atoms. The number of nitrogens with one attached hydrogen (secondary N) is 1. The number of Topliss-reactive ketones (excluding diaryl/α,β-unsaturated/α-hetero) is 1. The number of carbonyl (C=O) groups excluding carboxylic acids is 4. The lowest BCUT2D eigenvalue weighted by atomic mass is 10.0. The van der Waals surface area contributed by atoms with Crippen LogP contribution in [0.5, 0.6) is 5.75 Å². The Balaban J connectivity index is 2.02. The number of primary amides is 1. The first-order chi connectivity index (χ1) is 17.2. The Morgan fingerprint density at radius 1 is 1.03 bits per heavy atom. The molecule has 0 fully saturated rings. The van der Waals surface area contributed by atoms with Gasteiger partial charge in [0.2, 0.25) is 0 Å². The van der Waals surface area contributed by atoms with Crippen LogP contribution in [0.3, 0.4) is 0 Å². The lowest BCUT2D eigenvalue weighted by Gasteiger charge is -2.20. The molecule has 2 aromatic carbocycles. The zero-order chi connectivity index (χ0) is 26.4. The van der Waals surface area contributed by atoms with Crippen LogP contribution in [0.15, 0.2) is 48.5 Å². The third-order valence-corrected chi connectivity index (χ3v) is 5.93. The van der Waals surface area contributed by atoms with E-state index in [1.165, 1.54) is 7.11 Å². The average Bonchev–Trinajstić information content (AvgIpc) is 3.18. The quantitative estimate of drug-likeness (QED) is 0.240. The summed E-state index contributed by atoms with van der Waals surface area (Å²) in [4.78, 5) is 49.5. The number of benzene rings is 2. The Kier molecular flexibility index (Phi) is 8.47. The molecule has 0 saturated carbocycles. The first-order valence-corrected chi connectivity index (χ1v) is 11.7. The van der Waals surface area contributed by atoms with Crippen LogP contribution < -0.4 is 15.8 Å². The molecule has 190 valence electrons. The Bertz CT molecular complexity index is 1280. The third kappa shape index (κ3) is 5.56. The smallest absolute Gasteiger partial charge is 0.328 e. The number of nitrogens with two attached hydrogens (primary N) is 1. The van der Waals surface area contributed by atoms with Crippen molar-refractivity contribution in [3.63, 3.8) is 0 Å². The minimum absolute atomic E-state index is 0.168. The van der Waals surface area contributed by atoms with Crippen molar-refractivity contribution in [2.75, 3.05) is 13.7 Å². The molecule has 0 aliphatic carbocycles. The number of nitrogens with zero attached hydrogens (tertiary/aromatic N) is 1. The van der Waals surface area contributed by atoms with E-state index < -0.39 is 36.2 Å². The molecule has 0 radical (unpaired) electrons. The van der Waals surface area contributed by atoms with E-state index in [0.717, 1.165) is 5.56 Å². The predicted molar refractivity (Wildman–Crippen MR) is 135 cm³/mol. The summed E-state index contributed by atoms with van der Waals surface area (Å²) in [6.45, 7) is 5.51. The third-order valence-electron chi connectivity index (χ3n) is 5.93. The fourth-order valence-corrected chi connectivity index (χ4v) is 4.21. The van der Waals surface area contributed by atoms with Crippen molar-refractivity contribution in [3.8, 4) is 5.75 Å². The van der Waals surface area contributed by atoms with E-state index in [1.807, 2.05) is 47.9 Å². The summed E-state index contributed by atoms with van der Waals surface area (Å²) in [5, 5.41) is 3.03. The zero-order valence-electron chi connectivity index (χ0n) is 20.9. The van der Waals surface area contributed by atoms with Crippen molar-refractivity contribution >= 4 is 34.5 Å². The lowest BCUT2D eigenvalue weighted by Crippen LogP contribution is -2.46. The minimum atomic E-state index is -1.08. The molecule has 0 spiro atoms. The topological polar surface area (TPSA) is 130 Å². The summed E-state index contributed by atoms with van der Waals surface area (Å²) in [7, 11) is 1.25. The standard InChI is InChI=1S/C27H31N3O6/c1-5-18-23(25(32)26(28)33)22-19(30(18)14-17-10-7-6-8-11-17)12-9-13-20(22)36-15-21(31)29-24(16(2)3)27(34)35-4/h6-13,16,24H,5,14-15H2,1-4H3,(H2,28,33)(H,29,31). The maximum Gasteiger partial charge on any atom is 0.328 e. The molecule has 1 heterocycles. The Labute approximate surface area is 209 Å². The fraction of sp³-hybridized carbons (Fsp3) is 0.333. The van der Waals surface area contributed by atoms with Crippen LogP contribution in [0.2, 0.25) is 0 Å². The molecular formula is C27H31N3O6. The van der Waals surface area contributed by atoms with Crippen LogP contribution in [-0.2, 0) is 32.1 Å². The van der Waals surface area contributed by atoms with Gasteiger partial charge in [0.1, 0.15) is 11.8 Å². The molecule has 1 atom stereocenters. The molecule has 0 saturated heterocycles. The predicted octanol–water partition coefficient (Wildman–Crippen LogP) is 2.61. The van der Waals surface area contributed by atoms with Crippen LogP contribution in [-0.4, -0.2) is 47.9 Å². The molecular weight excluding hydrogens is 462 g/mol. The van der Waals surface area contributed by atoms with Gasteiger partial charge in [-0.15, -0.1) is 0 Å². The van der Waals surface area contributed by atoms with Crippen LogP contribution >= 0.6 is 0 Å². The number of methoxy groups -OCH3 is 1. The molecule has 2 amide bonds. The summed E-state index contributed by atoms with van der Waals surface area (Å²) < 4.78 is 12.5. The molecule has 9 nitrogen and oxygen atoms in total. The van der Waals surface area contributed by atoms with Gasteiger partial charge < -0.3 is 25.1 Å². The average molecular weight is 494 g/mol. The first kappa shape index (κ1) is 26.5. The molecule has 3 rings (SSSR count). The highest BCUT2D eigenvalue weighted by atomic mass is 16.5. The molecule has 1 unspecified atom stereocenters. The second-order valence-corrected chi connectivity index (χ2v) is 8.69. The summed E-state index contributed by atoms with van der Waals surface area (Å²) in [5.74, 6) is -2.92. The zero-order valence-corrected chi connectivity index (χ0v) is 20.9. The number of ketones is 1. The highest BCUT2D eigenvalue weighted by Crippen LogP contribution is 2.35. The van der Waals surface area contributed by atoms with E-state index in [-0.39, 0.29) is 17.2 Å². The van der Waals surface area contributed by atoms with Gasteiger partial charge in [-0.05, 0) is 30.0 Å². The number of ether oxygens (including phenoxy) is 2. The highest BCUT2D eigenvalue weighted by molar-refractivity contribution is 6.45. The van der Waals surface area contributed by atoms with Crippen molar-refractivity contribution in [2.24, 2.45) is 11.7 Å². The van der Waals surface area contributed by atoms with Gasteiger partial charge in [0.05, 0.1) is 23.6 Å². The SMILES string of the molecule is CCc1c(C(=O)C(N)=O)c2c(OCC(=O)NC(C(=O)OC)C(C)C)cccc2n1Cc1ccccc1. The number of hydrogen-bond acceptors (Lipinski definition) is 6. The van der Waals surface area contributed by atoms with Crippen LogP contribution in [0, 0.1) is 5.92 Å². The fourth-order valence-electron chi connectivity index (χ4n) is 4.21. The molecule has 3 aromatic rings. The molecule has 0 aliphatic heterocycles. The molecule has 3 N–H and O–H groups in total. The Morgan fingerprint density at radius 3 is 2.31 bits per heavy atom. The van der Waals surface area contributed by atoms with Gasteiger partial charge in [-0.3, -0.25) is 14.4 Å². The number of carbonyl (C=O) groups is 4. The van der Waals surface area contributed by atoms with Crippen LogP contribution in [0.1, 0.15) is 42.4 Å². The van der Waals surface area contributed by atoms with E-state index in [9.17, 15) is 19.2 Å². The maximum absolute atomic E-state index is 12.9. The first-order valence-electron chi connectivity index (χ1n) is 11.7. The largest absolute Gasteiger partial charge is 0.483 e. The van der Waals surface area contributed by atoms with Gasteiger partial charge in [-0.1, -0.05) is 57.2 Å². The summed E-state index contributed by atoms with van der Waals surface area (Å²) in [6.07, 6.45) is 0.463. The number of fused-ring (bicyclic) bond motifs is 1. The maximum atomic E-state index is 12.9. The molecule has 0 aliphatic rings. The van der Waals surface area contributed by atoms with Crippen LogP contribution in [0.25, 0.3) is 10.9 Å². The normalized spacial score (nSPS) is 11.8. The van der Waals surface area contributed by atoms with Gasteiger partial charge in [-0.25, -0.2) is 4.79 Å². The lowest BCUT2D eigenvalue weighted by molar-refractivity contribution is -0.146.